The van der Waals surface area contributed by atoms with Gasteiger partial charge in [-0.2, -0.15) is 0 Å². The van der Waals surface area contributed by atoms with Crippen LogP contribution in [0.2, 0.25) is 0 Å². The number of pyridine rings is 2. The van der Waals surface area contributed by atoms with Gasteiger partial charge in [0, 0.05) is 37.9 Å². The molecule has 0 atom stereocenters. The number of benzene rings is 1. The van der Waals surface area contributed by atoms with Gasteiger partial charge in [0.15, 0.2) is 0 Å². The van der Waals surface area contributed by atoms with Crippen molar-refractivity contribution in [1.82, 2.24) is 20.6 Å². The van der Waals surface area contributed by atoms with Gasteiger partial charge in [-0.15, -0.1) is 0 Å². The van der Waals surface area contributed by atoms with Crippen molar-refractivity contribution in [3.05, 3.63) is 89.5 Å². The van der Waals surface area contributed by atoms with Gasteiger partial charge < -0.3 is 15.4 Å². The van der Waals surface area contributed by atoms with Gasteiger partial charge in [0.05, 0.1) is 18.2 Å². The lowest BCUT2D eigenvalue weighted by molar-refractivity contribution is 0.0950. The average molecular weight is 390 g/mol. The molecule has 2 heterocycles. The molecule has 0 fully saturated rings. The number of carbonyl (C=O) groups excluding carboxylic acids is 2. The average Bonchev–Trinajstić information content (AvgIpc) is 2.78. The largest absolute Gasteiger partial charge is 0.497 e. The second kappa shape index (κ2) is 9.98. The van der Waals surface area contributed by atoms with Crippen LogP contribution in [0.1, 0.15) is 31.8 Å². The fourth-order valence-electron chi connectivity index (χ4n) is 2.73. The van der Waals surface area contributed by atoms with Crippen LogP contribution in [-0.4, -0.2) is 35.4 Å². The van der Waals surface area contributed by atoms with Gasteiger partial charge in [0.2, 0.25) is 0 Å². The van der Waals surface area contributed by atoms with Crippen LogP contribution >= 0.6 is 0 Å². The molecule has 3 aromatic rings. The first-order valence-electron chi connectivity index (χ1n) is 9.19. The normalized spacial score (nSPS) is 10.2. The van der Waals surface area contributed by atoms with Gasteiger partial charge >= 0.3 is 0 Å². The van der Waals surface area contributed by atoms with E-state index in [1.165, 1.54) is 18.5 Å². The van der Waals surface area contributed by atoms with Gasteiger partial charge in [-0.1, -0.05) is 18.2 Å². The molecule has 7 nitrogen and oxygen atoms in total. The van der Waals surface area contributed by atoms with E-state index in [0.29, 0.717) is 30.6 Å². The van der Waals surface area contributed by atoms with E-state index in [-0.39, 0.29) is 11.8 Å². The summed E-state index contributed by atoms with van der Waals surface area (Å²) in [5, 5.41) is 5.64. The molecule has 1 aromatic carbocycles. The molecule has 0 saturated heterocycles. The van der Waals surface area contributed by atoms with Gasteiger partial charge in [0.1, 0.15) is 5.75 Å². The molecule has 0 unspecified atom stereocenters. The Morgan fingerprint density at radius 1 is 0.897 bits per heavy atom. The molecule has 0 aliphatic heterocycles. The maximum atomic E-state index is 12.4. The fraction of sp³-hybridized carbons (Fsp3) is 0.182. The summed E-state index contributed by atoms with van der Waals surface area (Å²) in [6.45, 7) is 0.813. The van der Waals surface area contributed by atoms with Crippen molar-refractivity contribution in [2.75, 3.05) is 13.7 Å². The second-order valence-electron chi connectivity index (χ2n) is 6.36. The molecule has 0 radical (unpaired) electrons. The van der Waals surface area contributed by atoms with Crippen molar-refractivity contribution < 1.29 is 14.3 Å². The van der Waals surface area contributed by atoms with Crippen molar-refractivity contribution >= 4 is 11.8 Å². The number of methoxy groups -OCH3 is 1. The molecule has 7 heteroatoms. The van der Waals surface area contributed by atoms with Gasteiger partial charge in [-0.05, 0) is 41.8 Å². The molecule has 2 aromatic heterocycles. The summed E-state index contributed by atoms with van der Waals surface area (Å²) in [5.41, 5.74) is 2.62. The SMILES string of the molecule is COc1cccc(CCNC(=O)c2cncc(C(=O)NCc3cccnc3)c2)c1. The predicted octanol–water partition coefficient (Wildman–Crippen LogP) is 2.39. The van der Waals surface area contributed by atoms with E-state index in [0.717, 1.165) is 16.9 Å². The Hall–Kier alpha value is -3.74. The van der Waals surface area contributed by atoms with Crippen LogP contribution in [0.4, 0.5) is 0 Å². The molecule has 148 valence electrons. The number of carbonyl (C=O) groups is 2. The summed E-state index contributed by atoms with van der Waals surface area (Å²) in [6, 6.07) is 12.9. The van der Waals surface area contributed by atoms with Crippen molar-refractivity contribution in [2.45, 2.75) is 13.0 Å². The Morgan fingerprint density at radius 2 is 1.66 bits per heavy atom. The number of rotatable bonds is 8. The minimum Gasteiger partial charge on any atom is -0.497 e. The molecule has 2 N–H and O–H groups in total. The minimum absolute atomic E-state index is 0.276. The number of nitrogens with zero attached hydrogens (tertiary/aromatic N) is 2. The Morgan fingerprint density at radius 3 is 2.38 bits per heavy atom. The summed E-state index contributed by atoms with van der Waals surface area (Å²) in [6.07, 6.45) is 6.91. The molecular formula is C22H22N4O3. The van der Waals surface area contributed by atoms with Gasteiger partial charge in [-0.3, -0.25) is 19.6 Å². The van der Waals surface area contributed by atoms with Crippen LogP contribution in [0, 0.1) is 0 Å². The Labute approximate surface area is 169 Å². The molecule has 0 spiro atoms. The Bertz CT molecular complexity index is 977. The van der Waals surface area contributed by atoms with E-state index in [9.17, 15) is 9.59 Å². The molecule has 0 saturated carbocycles. The van der Waals surface area contributed by atoms with E-state index < -0.39 is 0 Å². The van der Waals surface area contributed by atoms with Crippen molar-refractivity contribution in [1.29, 1.82) is 0 Å². The number of hydrogen-bond donors (Lipinski definition) is 2. The summed E-state index contributed by atoms with van der Waals surface area (Å²) >= 11 is 0. The predicted molar refractivity (Wildman–Crippen MR) is 109 cm³/mol. The number of hydrogen-bond acceptors (Lipinski definition) is 5. The van der Waals surface area contributed by atoms with Crippen molar-refractivity contribution in [3.63, 3.8) is 0 Å². The van der Waals surface area contributed by atoms with Crippen LogP contribution in [0.3, 0.4) is 0 Å². The standard InChI is InChI=1S/C22H22N4O3/c1-29-20-6-2-4-16(10-20)7-9-25-21(27)18-11-19(15-24-14-18)22(28)26-13-17-5-3-8-23-12-17/h2-6,8,10-12,14-15H,7,9,13H2,1H3,(H,25,27)(H,26,28). The van der Waals surface area contributed by atoms with Crippen LogP contribution in [0.25, 0.3) is 0 Å². The van der Waals surface area contributed by atoms with Gasteiger partial charge in [-0.25, -0.2) is 0 Å². The number of ether oxygens (including phenoxy) is 1. The molecule has 29 heavy (non-hydrogen) atoms. The van der Waals surface area contributed by atoms with Crippen LogP contribution in [-0.2, 0) is 13.0 Å². The highest BCUT2D eigenvalue weighted by atomic mass is 16.5. The lowest BCUT2D eigenvalue weighted by Crippen LogP contribution is -2.27. The zero-order chi connectivity index (χ0) is 20.5. The topological polar surface area (TPSA) is 93.2 Å². The van der Waals surface area contributed by atoms with Crippen LogP contribution in [0.5, 0.6) is 5.75 Å². The second-order valence-corrected chi connectivity index (χ2v) is 6.36. The minimum atomic E-state index is -0.299. The van der Waals surface area contributed by atoms with Gasteiger partial charge in [0.25, 0.3) is 11.8 Å². The Balaban J connectivity index is 1.53. The quantitative estimate of drug-likeness (QED) is 0.616. The smallest absolute Gasteiger partial charge is 0.253 e. The highest BCUT2D eigenvalue weighted by molar-refractivity contribution is 5.99. The molecule has 0 bridgehead atoms. The summed E-state index contributed by atoms with van der Waals surface area (Å²) in [5.74, 6) is 0.206. The van der Waals surface area contributed by atoms with E-state index in [1.807, 2.05) is 30.3 Å². The first-order chi connectivity index (χ1) is 14.2. The monoisotopic (exact) mass is 390 g/mol. The highest BCUT2D eigenvalue weighted by Gasteiger charge is 2.11. The molecule has 3 rings (SSSR count). The summed E-state index contributed by atoms with van der Waals surface area (Å²) in [4.78, 5) is 32.8. The lowest BCUT2D eigenvalue weighted by Gasteiger charge is -2.08. The van der Waals surface area contributed by atoms with Crippen LogP contribution in [0.15, 0.2) is 67.3 Å². The van der Waals surface area contributed by atoms with E-state index >= 15 is 0 Å². The lowest BCUT2D eigenvalue weighted by atomic mass is 10.1. The fourth-order valence-corrected chi connectivity index (χ4v) is 2.73. The van der Waals surface area contributed by atoms with Crippen molar-refractivity contribution in [3.8, 4) is 5.75 Å². The first-order valence-corrected chi connectivity index (χ1v) is 9.19. The first kappa shape index (κ1) is 20.0. The third-order valence-corrected chi connectivity index (χ3v) is 4.27. The number of aromatic nitrogens is 2. The molecule has 0 aliphatic carbocycles. The third kappa shape index (κ3) is 5.87. The van der Waals surface area contributed by atoms with E-state index in [4.69, 9.17) is 4.74 Å². The maximum Gasteiger partial charge on any atom is 0.253 e. The van der Waals surface area contributed by atoms with E-state index in [1.54, 1.807) is 25.6 Å². The number of nitrogens with one attached hydrogen (secondary N) is 2. The molecular weight excluding hydrogens is 368 g/mol. The summed E-state index contributed by atoms with van der Waals surface area (Å²) in [7, 11) is 1.62. The zero-order valence-electron chi connectivity index (χ0n) is 16.1. The molecule has 2 amide bonds. The third-order valence-electron chi connectivity index (χ3n) is 4.27. The maximum absolute atomic E-state index is 12.4. The van der Waals surface area contributed by atoms with Crippen LogP contribution < -0.4 is 15.4 Å². The van der Waals surface area contributed by atoms with E-state index in [2.05, 4.69) is 20.6 Å². The summed E-state index contributed by atoms with van der Waals surface area (Å²) < 4.78 is 5.20. The highest BCUT2D eigenvalue weighted by Crippen LogP contribution is 2.12. The van der Waals surface area contributed by atoms with Crippen molar-refractivity contribution in [2.24, 2.45) is 0 Å². The molecule has 0 aliphatic rings. The number of amides is 2. The Kier molecular flexibility index (Phi) is 6.89. The zero-order valence-corrected chi connectivity index (χ0v) is 16.1.